The summed E-state index contributed by atoms with van der Waals surface area (Å²) in [5.41, 5.74) is 2.51. The number of rotatable bonds is 8. The Morgan fingerprint density at radius 1 is 0.829 bits per heavy atom. The van der Waals surface area contributed by atoms with Gasteiger partial charge in [-0.15, -0.1) is 0 Å². The lowest BCUT2D eigenvalue weighted by Gasteiger charge is -2.05. The van der Waals surface area contributed by atoms with Gasteiger partial charge in [-0.25, -0.2) is 9.36 Å². The van der Waals surface area contributed by atoms with Gasteiger partial charge in [0.1, 0.15) is 15.3 Å². The smallest absolute Gasteiger partial charge is 0.333 e. The molecule has 0 fully saturated rings. The van der Waals surface area contributed by atoms with Crippen LogP contribution in [0.5, 0.6) is 0 Å². The zero-order valence-corrected chi connectivity index (χ0v) is 21.8. The molecule has 4 aromatic rings. The highest BCUT2D eigenvalue weighted by Gasteiger charge is 2.21. The third-order valence-corrected chi connectivity index (χ3v) is 6.15. The van der Waals surface area contributed by atoms with E-state index < -0.39 is 19.2 Å². The van der Waals surface area contributed by atoms with E-state index in [1.54, 1.807) is 21.8 Å². The van der Waals surface area contributed by atoms with Crippen LogP contribution in [0.3, 0.4) is 0 Å². The number of alkyl halides is 4. The normalized spacial score (nSPS) is 12.3. The van der Waals surface area contributed by atoms with Crippen molar-refractivity contribution in [1.29, 1.82) is 0 Å². The van der Waals surface area contributed by atoms with Gasteiger partial charge in [0.15, 0.2) is 0 Å². The van der Waals surface area contributed by atoms with Crippen molar-refractivity contribution in [3.63, 3.8) is 0 Å². The molecule has 0 bridgehead atoms. The molecule has 0 aliphatic carbocycles. The van der Waals surface area contributed by atoms with E-state index in [2.05, 4.69) is 52.3 Å². The van der Waals surface area contributed by atoms with E-state index in [9.17, 15) is 22.7 Å². The zero-order valence-electron chi connectivity index (χ0n) is 18.6. The van der Waals surface area contributed by atoms with Crippen molar-refractivity contribution in [3.05, 3.63) is 68.6 Å². The second-order valence-corrected chi connectivity index (χ2v) is 8.75. The molecule has 0 saturated carbocycles. The van der Waals surface area contributed by atoms with Gasteiger partial charge < -0.3 is 5.11 Å². The molecule has 1 atom stereocenters. The summed E-state index contributed by atoms with van der Waals surface area (Å²) in [6.07, 6.45) is 8.75. The molecule has 9 nitrogen and oxygen atoms in total. The van der Waals surface area contributed by atoms with Crippen LogP contribution < -0.4 is 0 Å². The second-order valence-electron chi connectivity index (χ2n) is 7.25. The number of aryl methyl sites for hydroxylation is 2. The van der Waals surface area contributed by atoms with Crippen LogP contribution >= 0.6 is 31.9 Å². The molecule has 1 unspecified atom stereocenters. The summed E-state index contributed by atoms with van der Waals surface area (Å²) in [7, 11) is 0. The van der Waals surface area contributed by atoms with Crippen molar-refractivity contribution in [3.8, 4) is 0 Å². The first-order chi connectivity index (χ1) is 16.6. The first-order valence-corrected chi connectivity index (χ1v) is 12.0. The van der Waals surface area contributed by atoms with Gasteiger partial charge in [0.25, 0.3) is 0 Å². The maximum Gasteiger partial charge on any atom is 0.333 e. The summed E-state index contributed by atoms with van der Waals surface area (Å²) < 4.78 is 55.0. The summed E-state index contributed by atoms with van der Waals surface area (Å²) in [5.74, 6) is 0. The van der Waals surface area contributed by atoms with Crippen LogP contribution in [0.15, 0.2) is 46.4 Å². The molecule has 0 aromatic carbocycles. The first kappa shape index (κ1) is 27.1. The SMILES string of the molecule is CCn1cc(C(O)c2cn(C(F)F)nc2Br)cn1.CCn1cc(Cc2cn(C(F)F)nc2Br)cn1. The lowest BCUT2D eigenvalue weighted by Crippen LogP contribution is -1.99. The first-order valence-electron chi connectivity index (χ1n) is 10.4. The predicted octanol–water partition coefficient (Wildman–Crippen LogP) is 5.19. The predicted molar refractivity (Wildman–Crippen MR) is 125 cm³/mol. The van der Waals surface area contributed by atoms with Gasteiger partial charge >= 0.3 is 13.1 Å². The van der Waals surface area contributed by atoms with Gasteiger partial charge in [0.05, 0.1) is 12.4 Å². The fraction of sp³-hybridized carbons (Fsp3) is 0.400. The molecule has 4 rings (SSSR count). The molecule has 0 aliphatic heterocycles. The van der Waals surface area contributed by atoms with E-state index in [4.69, 9.17) is 0 Å². The summed E-state index contributed by atoms with van der Waals surface area (Å²) in [6, 6.07) is 0. The fourth-order valence-corrected chi connectivity index (χ4v) is 3.98. The summed E-state index contributed by atoms with van der Waals surface area (Å²) in [5, 5.41) is 25.5. The number of hydrogen-bond acceptors (Lipinski definition) is 5. The molecule has 0 amide bonds. The van der Waals surface area contributed by atoms with Gasteiger partial charge in [0.2, 0.25) is 0 Å². The monoisotopic (exact) mass is 624 g/mol. The Labute approximate surface area is 214 Å². The minimum atomic E-state index is -2.74. The van der Waals surface area contributed by atoms with Crippen LogP contribution in [0.25, 0.3) is 0 Å². The molecule has 35 heavy (non-hydrogen) atoms. The molecular weight excluding hydrogens is 604 g/mol. The van der Waals surface area contributed by atoms with Crippen molar-refractivity contribution in [2.24, 2.45) is 0 Å². The highest BCUT2D eigenvalue weighted by molar-refractivity contribution is 9.10. The molecule has 4 heterocycles. The van der Waals surface area contributed by atoms with Crippen LogP contribution in [-0.2, 0) is 19.5 Å². The van der Waals surface area contributed by atoms with Gasteiger partial charge in [-0.05, 0) is 51.3 Å². The maximum absolute atomic E-state index is 12.5. The lowest BCUT2D eigenvalue weighted by atomic mass is 10.1. The molecule has 15 heteroatoms. The topological polar surface area (TPSA) is 91.5 Å². The number of halogens is 6. The summed E-state index contributed by atoms with van der Waals surface area (Å²) >= 11 is 6.23. The Bertz CT molecular complexity index is 1240. The van der Waals surface area contributed by atoms with Crippen LogP contribution in [0.1, 0.15) is 55.3 Å². The van der Waals surface area contributed by atoms with Gasteiger partial charge in [-0.3, -0.25) is 9.36 Å². The molecule has 0 radical (unpaired) electrons. The van der Waals surface area contributed by atoms with Crippen LogP contribution in [0.4, 0.5) is 17.6 Å². The number of nitrogens with zero attached hydrogens (tertiary/aromatic N) is 8. The number of hydrogen-bond donors (Lipinski definition) is 1. The Morgan fingerprint density at radius 3 is 1.91 bits per heavy atom. The highest BCUT2D eigenvalue weighted by atomic mass is 79.9. The summed E-state index contributed by atoms with van der Waals surface area (Å²) in [4.78, 5) is 0. The molecule has 0 saturated heterocycles. The molecular formula is C20H22Br2F4N8O. The van der Waals surface area contributed by atoms with Gasteiger partial charge in [-0.1, -0.05) is 0 Å². The van der Waals surface area contributed by atoms with E-state index in [0.29, 0.717) is 32.5 Å². The molecule has 0 aliphatic rings. The molecule has 0 spiro atoms. The largest absolute Gasteiger partial charge is 0.383 e. The van der Waals surface area contributed by atoms with Crippen LogP contribution in [0, 0.1) is 0 Å². The highest BCUT2D eigenvalue weighted by Crippen LogP contribution is 2.29. The van der Waals surface area contributed by atoms with E-state index >= 15 is 0 Å². The quantitative estimate of drug-likeness (QED) is 0.272. The number of aromatic nitrogens is 8. The fourth-order valence-electron chi connectivity index (χ4n) is 3.06. The van der Waals surface area contributed by atoms with Gasteiger partial charge in [-0.2, -0.15) is 38.0 Å². The number of aliphatic hydroxyl groups excluding tert-OH is 1. The summed E-state index contributed by atoms with van der Waals surface area (Å²) in [6.45, 7) is 0.0101. The molecule has 190 valence electrons. The van der Waals surface area contributed by atoms with Crippen molar-refractivity contribution < 1.29 is 22.7 Å². The second kappa shape index (κ2) is 11.9. The van der Waals surface area contributed by atoms with E-state index in [-0.39, 0.29) is 10.2 Å². The van der Waals surface area contributed by atoms with Crippen molar-refractivity contribution in [2.45, 2.75) is 52.6 Å². The minimum absolute atomic E-state index is 0.194. The van der Waals surface area contributed by atoms with Crippen molar-refractivity contribution in [2.75, 3.05) is 0 Å². The van der Waals surface area contributed by atoms with Crippen molar-refractivity contribution >= 4 is 31.9 Å². The van der Waals surface area contributed by atoms with Crippen LogP contribution in [0.2, 0.25) is 0 Å². The third-order valence-electron chi connectivity index (χ3n) is 4.86. The lowest BCUT2D eigenvalue weighted by molar-refractivity contribution is 0.0557. The Balaban J connectivity index is 0.000000196. The Morgan fingerprint density at radius 2 is 1.40 bits per heavy atom. The number of aliphatic hydroxyl groups is 1. The Kier molecular flexibility index (Phi) is 9.24. The van der Waals surface area contributed by atoms with Gasteiger partial charge in [0, 0.05) is 61.0 Å². The van der Waals surface area contributed by atoms with Crippen molar-refractivity contribution in [1.82, 2.24) is 39.1 Å². The zero-order chi connectivity index (χ0) is 25.7. The standard InChI is InChI=1S/C10H11BrF2N4O.C10H11BrF2N4/c1-2-16-4-6(3-14-16)8(18)7-5-17(10(12)13)15-9(7)11;1-2-16-5-7(4-14-16)3-8-6-17(10(12)13)15-9(8)11/h3-5,8,10,18H,2H2,1H3;4-6,10H,2-3H2,1H3. The van der Waals surface area contributed by atoms with E-state index in [1.165, 1.54) is 12.4 Å². The molecule has 1 N–H and O–H groups in total. The average molecular weight is 626 g/mol. The molecule has 4 aromatic heterocycles. The average Bonchev–Trinajstić information content (AvgIpc) is 3.61. The van der Waals surface area contributed by atoms with Crippen LogP contribution in [-0.4, -0.2) is 44.2 Å². The maximum atomic E-state index is 12.5. The van der Waals surface area contributed by atoms with E-state index in [0.717, 1.165) is 23.9 Å². The van der Waals surface area contributed by atoms with E-state index in [1.807, 2.05) is 20.0 Å². The minimum Gasteiger partial charge on any atom is -0.383 e. The Hall–Kier alpha value is -2.52. The third kappa shape index (κ3) is 6.79.